The number of alkyl halides is 3. The van der Waals surface area contributed by atoms with Crippen LogP contribution in [-0.2, 0) is 6.18 Å². The molecule has 4 aromatic rings. The first kappa shape index (κ1) is 23.8. The number of fused-ring (bicyclic) bond motifs is 1. The summed E-state index contributed by atoms with van der Waals surface area (Å²) in [6, 6.07) is 10.1. The van der Waals surface area contributed by atoms with Gasteiger partial charge in [-0.25, -0.2) is 4.98 Å². The fourth-order valence-electron chi connectivity index (χ4n) is 2.94. The van der Waals surface area contributed by atoms with Crippen molar-refractivity contribution in [2.75, 3.05) is 12.4 Å². The van der Waals surface area contributed by atoms with E-state index >= 15 is 0 Å². The van der Waals surface area contributed by atoms with E-state index in [1.807, 2.05) is 0 Å². The van der Waals surface area contributed by atoms with E-state index in [9.17, 15) is 22.8 Å². The van der Waals surface area contributed by atoms with Gasteiger partial charge in [0, 0.05) is 25.4 Å². The average molecular weight is 503 g/mol. The van der Waals surface area contributed by atoms with E-state index in [1.165, 1.54) is 25.4 Å². The molecule has 178 valence electrons. The Morgan fingerprint density at radius 2 is 1.71 bits per heavy atom. The van der Waals surface area contributed by atoms with Gasteiger partial charge in [-0.1, -0.05) is 11.6 Å². The number of hydrogen-bond donors (Lipinski definition) is 2. The topological polar surface area (TPSA) is 119 Å². The van der Waals surface area contributed by atoms with Crippen LogP contribution in [0, 0.1) is 0 Å². The van der Waals surface area contributed by atoms with E-state index in [-0.39, 0.29) is 28.1 Å². The third kappa shape index (κ3) is 5.44. The standard InChI is InChI=1S/C22H14ClF3N6O3/c1-27-20(34)18-10-13(6-7-28-18)35-12-3-5-16-17(9-12)29-21(32-31-16)30-19(33)14-8-11(22(24,25)26)2-4-15(14)23/h2-10H,1H3,(H,27,34)(H,29,30,32,33). The zero-order valence-corrected chi connectivity index (χ0v) is 18.5. The molecule has 0 unspecified atom stereocenters. The van der Waals surface area contributed by atoms with Crippen molar-refractivity contribution in [3.05, 3.63) is 76.6 Å². The maximum absolute atomic E-state index is 13.0. The van der Waals surface area contributed by atoms with Gasteiger partial charge in [0.2, 0.25) is 5.95 Å². The van der Waals surface area contributed by atoms with Crippen molar-refractivity contribution in [2.24, 2.45) is 0 Å². The van der Waals surface area contributed by atoms with Crippen LogP contribution in [-0.4, -0.2) is 39.0 Å². The molecule has 0 atom stereocenters. The Kier molecular flexibility index (Phi) is 6.47. The second kappa shape index (κ2) is 9.50. The summed E-state index contributed by atoms with van der Waals surface area (Å²) in [6.45, 7) is 0. The van der Waals surface area contributed by atoms with Crippen LogP contribution >= 0.6 is 11.6 Å². The number of carbonyl (C=O) groups excluding carboxylic acids is 2. The molecule has 0 saturated carbocycles. The molecule has 2 aromatic heterocycles. The van der Waals surface area contributed by atoms with E-state index < -0.39 is 23.2 Å². The lowest BCUT2D eigenvalue weighted by molar-refractivity contribution is -0.137. The summed E-state index contributed by atoms with van der Waals surface area (Å²) in [5, 5.41) is 12.3. The summed E-state index contributed by atoms with van der Waals surface area (Å²) < 4.78 is 44.7. The summed E-state index contributed by atoms with van der Waals surface area (Å²) in [4.78, 5) is 32.4. The lowest BCUT2D eigenvalue weighted by Crippen LogP contribution is -2.18. The number of anilines is 1. The molecular formula is C22H14ClF3N6O3. The average Bonchev–Trinajstić information content (AvgIpc) is 2.83. The van der Waals surface area contributed by atoms with Crippen LogP contribution in [0.4, 0.5) is 19.1 Å². The molecule has 0 aliphatic carbocycles. The number of ether oxygens (including phenoxy) is 1. The number of carbonyl (C=O) groups is 2. The molecule has 2 amide bonds. The van der Waals surface area contributed by atoms with Gasteiger partial charge in [0.1, 0.15) is 22.7 Å². The first-order chi connectivity index (χ1) is 16.6. The molecule has 2 aromatic carbocycles. The molecule has 0 aliphatic rings. The monoisotopic (exact) mass is 502 g/mol. The molecule has 2 heterocycles. The van der Waals surface area contributed by atoms with Crippen molar-refractivity contribution in [2.45, 2.75) is 6.18 Å². The van der Waals surface area contributed by atoms with Crippen LogP contribution in [0.25, 0.3) is 11.0 Å². The van der Waals surface area contributed by atoms with Crippen LogP contribution in [0.1, 0.15) is 26.4 Å². The fourth-order valence-corrected chi connectivity index (χ4v) is 3.14. The van der Waals surface area contributed by atoms with Gasteiger partial charge < -0.3 is 10.1 Å². The summed E-state index contributed by atoms with van der Waals surface area (Å²) in [5.74, 6) is -0.891. The number of nitrogens with one attached hydrogen (secondary N) is 2. The molecule has 13 heteroatoms. The molecule has 0 saturated heterocycles. The molecule has 0 spiro atoms. The summed E-state index contributed by atoms with van der Waals surface area (Å²) in [6.07, 6.45) is -3.23. The molecule has 2 N–H and O–H groups in total. The predicted molar refractivity (Wildman–Crippen MR) is 119 cm³/mol. The van der Waals surface area contributed by atoms with Gasteiger partial charge in [-0.15, -0.1) is 10.2 Å². The minimum absolute atomic E-state index is 0.160. The third-order valence-corrected chi connectivity index (χ3v) is 4.95. The summed E-state index contributed by atoms with van der Waals surface area (Å²) in [5.41, 5.74) is -0.612. The number of aromatic nitrogens is 4. The van der Waals surface area contributed by atoms with E-state index in [0.717, 1.165) is 12.1 Å². The number of nitrogens with zero attached hydrogens (tertiary/aromatic N) is 4. The maximum Gasteiger partial charge on any atom is 0.416 e. The Morgan fingerprint density at radius 1 is 0.943 bits per heavy atom. The number of hydrogen-bond acceptors (Lipinski definition) is 7. The number of halogens is 4. The number of pyridine rings is 1. The highest BCUT2D eigenvalue weighted by Gasteiger charge is 2.31. The van der Waals surface area contributed by atoms with Crippen molar-refractivity contribution in [1.82, 2.24) is 25.5 Å². The normalized spacial score (nSPS) is 11.2. The lowest BCUT2D eigenvalue weighted by Gasteiger charge is -2.10. The van der Waals surface area contributed by atoms with Crippen molar-refractivity contribution in [3.63, 3.8) is 0 Å². The van der Waals surface area contributed by atoms with E-state index in [2.05, 4.69) is 30.8 Å². The maximum atomic E-state index is 13.0. The van der Waals surface area contributed by atoms with E-state index in [1.54, 1.807) is 18.2 Å². The molecule has 9 nitrogen and oxygen atoms in total. The van der Waals surface area contributed by atoms with Gasteiger partial charge in [0.05, 0.1) is 21.7 Å². The van der Waals surface area contributed by atoms with Gasteiger partial charge in [-0.3, -0.25) is 19.9 Å². The molecule has 0 radical (unpaired) electrons. The van der Waals surface area contributed by atoms with Crippen molar-refractivity contribution >= 4 is 40.4 Å². The Labute approximate surface area is 200 Å². The fraction of sp³-hybridized carbons (Fsp3) is 0.0909. The Balaban J connectivity index is 1.57. The number of benzene rings is 2. The Bertz CT molecular complexity index is 1450. The summed E-state index contributed by atoms with van der Waals surface area (Å²) >= 11 is 5.91. The molecule has 35 heavy (non-hydrogen) atoms. The first-order valence-corrected chi connectivity index (χ1v) is 10.2. The SMILES string of the molecule is CNC(=O)c1cc(Oc2ccc3nnc(NC(=O)c4cc(C(F)(F)F)ccc4Cl)nc3c2)ccn1. The van der Waals surface area contributed by atoms with Crippen molar-refractivity contribution < 1.29 is 27.5 Å². The van der Waals surface area contributed by atoms with Crippen LogP contribution in [0.3, 0.4) is 0 Å². The second-order valence-corrected chi connectivity index (χ2v) is 7.40. The Morgan fingerprint density at radius 3 is 2.46 bits per heavy atom. The highest BCUT2D eigenvalue weighted by atomic mass is 35.5. The van der Waals surface area contributed by atoms with E-state index in [0.29, 0.717) is 23.1 Å². The zero-order chi connectivity index (χ0) is 25.2. The first-order valence-electron chi connectivity index (χ1n) is 9.82. The molecular weight excluding hydrogens is 489 g/mol. The molecule has 0 fully saturated rings. The van der Waals surface area contributed by atoms with Gasteiger partial charge >= 0.3 is 6.18 Å². The minimum atomic E-state index is -4.65. The predicted octanol–water partition coefficient (Wildman–Crippen LogP) is 4.50. The van der Waals surface area contributed by atoms with Crippen LogP contribution in [0.15, 0.2) is 54.7 Å². The van der Waals surface area contributed by atoms with Gasteiger partial charge in [0.15, 0.2) is 0 Å². The van der Waals surface area contributed by atoms with Crippen LogP contribution in [0.2, 0.25) is 5.02 Å². The van der Waals surface area contributed by atoms with Gasteiger partial charge in [-0.2, -0.15) is 13.2 Å². The minimum Gasteiger partial charge on any atom is -0.457 e. The van der Waals surface area contributed by atoms with Crippen molar-refractivity contribution in [1.29, 1.82) is 0 Å². The van der Waals surface area contributed by atoms with Crippen LogP contribution in [0.5, 0.6) is 11.5 Å². The third-order valence-electron chi connectivity index (χ3n) is 4.62. The molecule has 0 bridgehead atoms. The highest BCUT2D eigenvalue weighted by molar-refractivity contribution is 6.34. The smallest absolute Gasteiger partial charge is 0.416 e. The number of rotatable bonds is 5. The van der Waals surface area contributed by atoms with Gasteiger partial charge in [-0.05, 0) is 36.4 Å². The van der Waals surface area contributed by atoms with Crippen LogP contribution < -0.4 is 15.4 Å². The second-order valence-electron chi connectivity index (χ2n) is 6.99. The van der Waals surface area contributed by atoms with E-state index in [4.69, 9.17) is 16.3 Å². The largest absolute Gasteiger partial charge is 0.457 e. The molecule has 4 rings (SSSR count). The van der Waals surface area contributed by atoms with Crippen molar-refractivity contribution in [3.8, 4) is 11.5 Å². The number of amides is 2. The zero-order valence-electron chi connectivity index (χ0n) is 17.7. The highest BCUT2D eigenvalue weighted by Crippen LogP contribution is 2.32. The Hall–Kier alpha value is -4.32. The van der Waals surface area contributed by atoms with Gasteiger partial charge in [0.25, 0.3) is 11.8 Å². The quantitative estimate of drug-likeness (QED) is 0.412. The lowest BCUT2D eigenvalue weighted by atomic mass is 10.1. The summed E-state index contributed by atoms with van der Waals surface area (Å²) in [7, 11) is 1.48. The molecule has 0 aliphatic heterocycles.